The first-order valence-electron chi connectivity index (χ1n) is 8.99. The number of hydrogen-bond acceptors (Lipinski definition) is 3. The van der Waals surface area contributed by atoms with Crippen LogP contribution in [0.25, 0.3) is 0 Å². The van der Waals surface area contributed by atoms with Crippen molar-refractivity contribution in [1.82, 2.24) is 0 Å². The lowest BCUT2D eigenvalue weighted by molar-refractivity contribution is -0.137. The molecule has 0 heterocycles. The Hall–Kier alpha value is -1.68. The second-order valence-electron chi connectivity index (χ2n) is 6.39. The third kappa shape index (κ3) is 8.25. The van der Waals surface area contributed by atoms with Crippen LogP contribution in [-0.4, -0.2) is 28.1 Å². The molecular weight excluding hydrogens is 304 g/mol. The number of carboxylic acid groups (broad SMARTS) is 1. The third-order valence-corrected chi connectivity index (χ3v) is 4.28. The monoisotopic (exact) mass is 334 g/mol. The highest BCUT2D eigenvalue weighted by Gasteiger charge is 2.26. The minimum Gasteiger partial charge on any atom is -0.481 e. The van der Waals surface area contributed by atoms with Crippen molar-refractivity contribution in [3.63, 3.8) is 0 Å². The zero-order valence-corrected chi connectivity index (χ0v) is 14.6. The number of aliphatic hydroxyl groups is 1. The SMILES string of the molecule is CCCCC[C@H](O)C=CC1C(=O)C=C[C@@H]1CC=CCCCC(=O)O. The summed E-state index contributed by atoms with van der Waals surface area (Å²) in [5.41, 5.74) is 0. The Labute approximate surface area is 145 Å². The van der Waals surface area contributed by atoms with Gasteiger partial charge in [-0.25, -0.2) is 0 Å². The molecule has 0 bridgehead atoms. The zero-order chi connectivity index (χ0) is 17.8. The fourth-order valence-corrected chi connectivity index (χ4v) is 2.81. The molecular formula is C20H30O4. The summed E-state index contributed by atoms with van der Waals surface area (Å²) in [6.07, 6.45) is 17.0. The molecule has 1 unspecified atom stereocenters. The van der Waals surface area contributed by atoms with Crippen LogP contribution in [-0.2, 0) is 9.59 Å². The van der Waals surface area contributed by atoms with Crippen LogP contribution in [0.5, 0.6) is 0 Å². The van der Waals surface area contributed by atoms with E-state index in [1.165, 1.54) is 0 Å². The predicted molar refractivity (Wildman–Crippen MR) is 95.7 cm³/mol. The molecule has 1 aliphatic carbocycles. The van der Waals surface area contributed by atoms with Gasteiger partial charge in [-0.05, 0) is 37.7 Å². The quantitative estimate of drug-likeness (QED) is 0.417. The number of carboxylic acids is 1. The van der Waals surface area contributed by atoms with E-state index >= 15 is 0 Å². The van der Waals surface area contributed by atoms with Gasteiger partial charge in [0.25, 0.3) is 0 Å². The summed E-state index contributed by atoms with van der Waals surface area (Å²) < 4.78 is 0. The Morgan fingerprint density at radius 3 is 2.79 bits per heavy atom. The van der Waals surface area contributed by atoms with Gasteiger partial charge in [0.1, 0.15) is 0 Å². The summed E-state index contributed by atoms with van der Waals surface area (Å²) in [7, 11) is 0. The fourth-order valence-electron chi connectivity index (χ4n) is 2.81. The van der Waals surface area contributed by atoms with Gasteiger partial charge in [0.15, 0.2) is 5.78 Å². The first-order valence-corrected chi connectivity index (χ1v) is 8.99. The van der Waals surface area contributed by atoms with Crippen molar-refractivity contribution in [2.45, 2.75) is 64.4 Å². The topological polar surface area (TPSA) is 74.6 Å². The van der Waals surface area contributed by atoms with Gasteiger partial charge >= 0.3 is 5.97 Å². The van der Waals surface area contributed by atoms with E-state index in [9.17, 15) is 14.7 Å². The lowest BCUT2D eigenvalue weighted by atomic mass is 9.90. The minimum absolute atomic E-state index is 0.0938. The molecule has 0 aromatic rings. The number of aliphatic carboxylic acids is 1. The van der Waals surface area contributed by atoms with E-state index in [2.05, 4.69) is 6.92 Å². The first-order chi connectivity index (χ1) is 11.5. The number of rotatable bonds is 12. The van der Waals surface area contributed by atoms with Crippen LogP contribution in [0.4, 0.5) is 0 Å². The second-order valence-corrected chi connectivity index (χ2v) is 6.39. The van der Waals surface area contributed by atoms with E-state index < -0.39 is 12.1 Å². The van der Waals surface area contributed by atoms with Crippen LogP contribution in [0.3, 0.4) is 0 Å². The Kier molecular flexibility index (Phi) is 10.0. The molecule has 3 atom stereocenters. The van der Waals surface area contributed by atoms with Crippen molar-refractivity contribution in [2.75, 3.05) is 0 Å². The highest BCUT2D eigenvalue weighted by Crippen LogP contribution is 2.27. The first kappa shape index (κ1) is 20.4. The van der Waals surface area contributed by atoms with Crippen molar-refractivity contribution >= 4 is 11.8 Å². The molecule has 0 fully saturated rings. The summed E-state index contributed by atoms with van der Waals surface area (Å²) >= 11 is 0. The van der Waals surface area contributed by atoms with Gasteiger partial charge in [0, 0.05) is 12.3 Å². The normalized spacial score (nSPS) is 22.0. The average Bonchev–Trinajstić information content (AvgIpc) is 2.89. The van der Waals surface area contributed by atoms with Crippen molar-refractivity contribution < 1.29 is 19.8 Å². The number of hydrogen-bond donors (Lipinski definition) is 2. The highest BCUT2D eigenvalue weighted by molar-refractivity contribution is 5.95. The molecule has 0 aromatic carbocycles. The number of aliphatic hydroxyl groups excluding tert-OH is 1. The number of carbonyl (C=O) groups excluding carboxylic acids is 1. The molecule has 0 radical (unpaired) electrons. The van der Waals surface area contributed by atoms with Gasteiger partial charge in [-0.2, -0.15) is 0 Å². The van der Waals surface area contributed by atoms with Gasteiger partial charge in [-0.1, -0.05) is 56.6 Å². The molecule has 4 nitrogen and oxygen atoms in total. The molecule has 0 amide bonds. The number of carbonyl (C=O) groups is 2. The molecule has 24 heavy (non-hydrogen) atoms. The molecule has 4 heteroatoms. The Morgan fingerprint density at radius 2 is 2.08 bits per heavy atom. The van der Waals surface area contributed by atoms with Crippen molar-refractivity contribution in [2.24, 2.45) is 11.8 Å². The molecule has 1 rings (SSSR count). The van der Waals surface area contributed by atoms with E-state index in [0.29, 0.717) is 6.42 Å². The van der Waals surface area contributed by atoms with E-state index in [1.54, 1.807) is 12.2 Å². The maximum atomic E-state index is 12.0. The van der Waals surface area contributed by atoms with Gasteiger partial charge in [-0.3, -0.25) is 9.59 Å². The van der Waals surface area contributed by atoms with Crippen LogP contribution in [0.2, 0.25) is 0 Å². The van der Waals surface area contributed by atoms with Crippen molar-refractivity contribution in [3.8, 4) is 0 Å². The second kappa shape index (κ2) is 11.8. The summed E-state index contributed by atoms with van der Waals surface area (Å²) in [4.78, 5) is 22.4. The summed E-state index contributed by atoms with van der Waals surface area (Å²) in [6.45, 7) is 2.13. The highest BCUT2D eigenvalue weighted by atomic mass is 16.4. The molecule has 134 valence electrons. The Bertz CT molecular complexity index is 476. The molecule has 0 aliphatic heterocycles. The molecule has 0 saturated heterocycles. The summed E-state index contributed by atoms with van der Waals surface area (Å²) in [6, 6.07) is 0. The van der Waals surface area contributed by atoms with E-state index in [0.717, 1.165) is 38.5 Å². The minimum atomic E-state index is -0.768. The standard InChI is InChI=1S/C20H30O4/c1-2-3-6-10-17(21)13-14-18-16(12-15-19(18)22)9-7-4-5-8-11-20(23)24/h4,7,12-18,21H,2-3,5-6,8-11H2,1H3,(H,23,24)/t16-,17-,18?/m0/s1. The third-order valence-electron chi connectivity index (χ3n) is 4.28. The molecule has 2 N–H and O–H groups in total. The predicted octanol–water partition coefficient (Wildman–Crippen LogP) is 4.06. The summed E-state index contributed by atoms with van der Waals surface area (Å²) in [5, 5.41) is 18.5. The van der Waals surface area contributed by atoms with E-state index in [1.807, 2.05) is 24.3 Å². The Morgan fingerprint density at radius 1 is 1.29 bits per heavy atom. The average molecular weight is 334 g/mol. The molecule has 1 aliphatic rings. The zero-order valence-electron chi connectivity index (χ0n) is 14.6. The smallest absolute Gasteiger partial charge is 0.303 e. The number of unbranched alkanes of at least 4 members (excludes halogenated alkanes) is 3. The molecule has 0 saturated carbocycles. The number of ketones is 1. The van der Waals surface area contributed by atoms with Crippen LogP contribution >= 0.6 is 0 Å². The molecule has 0 spiro atoms. The molecule has 0 aromatic heterocycles. The van der Waals surface area contributed by atoms with E-state index in [-0.39, 0.29) is 24.0 Å². The number of allylic oxidation sites excluding steroid dienone is 5. The van der Waals surface area contributed by atoms with Crippen molar-refractivity contribution in [1.29, 1.82) is 0 Å². The van der Waals surface area contributed by atoms with Gasteiger partial charge in [-0.15, -0.1) is 0 Å². The Balaban J connectivity index is 2.38. The van der Waals surface area contributed by atoms with Crippen LogP contribution in [0, 0.1) is 11.8 Å². The largest absolute Gasteiger partial charge is 0.481 e. The van der Waals surface area contributed by atoms with Gasteiger partial charge < -0.3 is 10.2 Å². The fraction of sp³-hybridized carbons (Fsp3) is 0.600. The van der Waals surface area contributed by atoms with Crippen LogP contribution < -0.4 is 0 Å². The van der Waals surface area contributed by atoms with Gasteiger partial charge in [0.05, 0.1) is 6.10 Å². The van der Waals surface area contributed by atoms with Gasteiger partial charge in [0.2, 0.25) is 0 Å². The van der Waals surface area contributed by atoms with E-state index in [4.69, 9.17) is 5.11 Å². The summed E-state index contributed by atoms with van der Waals surface area (Å²) in [5.74, 6) is -0.728. The van der Waals surface area contributed by atoms with Crippen molar-refractivity contribution in [3.05, 3.63) is 36.5 Å². The van der Waals surface area contributed by atoms with Crippen LogP contribution in [0.15, 0.2) is 36.5 Å². The maximum Gasteiger partial charge on any atom is 0.303 e. The lowest BCUT2D eigenvalue weighted by Crippen LogP contribution is -2.14. The maximum absolute atomic E-state index is 12.0. The lowest BCUT2D eigenvalue weighted by Gasteiger charge is -2.13. The van der Waals surface area contributed by atoms with Crippen LogP contribution in [0.1, 0.15) is 58.3 Å².